The van der Waals surface area contributed by atoms with Crippen LogP contribution in [0.3, 0.4) is 0 Å². The van der Waals surface area contributed by atoms with Crippen LogP contribution in [0.5, 0.6) is 0 Å². The van der Waals surface area contributed by atoms with Crippen molar-refractivity contribution in [2.24, 2.45) is 5.92 Å². The summed E-state index contributed by atoms with van der Waals surface area (Å²) in [4.78, 5) is 14.3. The van der Waals surface area contributed by atoms with E-state index in [2.05, 4.69) is 33.0 Å². The molecule has 18 heavy (non-hydrogen) atoms. The first-order valence-corrected chi connectivity index (χ1v) is 7.60. The summed E-state index contributed by atoms with van der Waals surface area (Å²) in [6.45, 7) is 9.50. The molecule has 0 aliphatic carbocycles. The molecule has 2 atom stereocenters. The van der Waals surface area contributed by atoms with E-state index in [1.807, 2.05) is 4.90 Å². The van der Waals surface area contributed by atoms with E-state index in [-0.39, 0.29) is 6.04 Å². The number of rotatable bonds is 8. The second kappa shape index (κ2) is 7.78. The third-order valence-corrected chi connectivity index (χ3v) is 3.80. The molecule has 1 aliphatic heterocycles. The summed E-state index contributed by atoms with van der Waals surface area (Å²) in [5, 5.41) is 3.35. The molecule has 1 saturated heterocycles. The van der Waals surface area contributed by atoms with E-state index < -0.39 is 0 Å². The zero-order valence-electron chi connectivity index (χ0n) is 12.5. The van der Waals surface area contributed by atoms with Crippen LogP contribution in [0, 0.1) is 5.92 Å². The van der Waals surface area contributed by atoms with E-state index in [9.17, 15) is 4.79 Å². The standard InChI is InChI=1S/C15H30N2O/c1-5-6-7-8-9-13(4)17-11-16-14(15(17)18)10-12(2)3/h12-14,16H,5-11H2,1-4H3. The second-order valence-corrected chi connectivity index (χ2v) is 6.05. The van der Waals surface area contributed by atoms with Gasteiger partial charge in [0, 0.05) is 6.04 Å². The molecule has 1 heterocycles. The Morgan fingerprint density at radius 1 is 1.28 bits per heavy atom. The lowest BCUT2D eigenvalue weighted by Gasteiger charge is -2.24. The molecular formula is C15H30N2O. The normalized spacial score (nSPS) is 21.9. The fourth-order valence-corrected chi connectivity index (χ4v) is 2.62. The quantitative estimate of drug-likeness (QED) is 0.675. The fraction of sp³-hybridized carbons (Fsp3) is 0.933. The number of carbonyl (C=O) groups is 1. The van der Waals surface area contributed by atoms with E-state index >= 15 is 0 Å². The monoisotopic (exact) mass is 254 g/mol. The molecular weight excluding hydrogens is 224 g/mol. The second-order valence-electron chi connectivity index (χ2n) is 6.05. The molecule has 0 radical (unpaired) electrons. The maximum Gasteiger partial charge on any atom is 0.241 e. The zero-order valence-corrected chi connectivity index (χ0v) is 12.5. The molecule has 1 rings (SSSR count). The zero-order chi connectivity index (χ0) is 13.5. The molecule has 3 heteroatoms. The number of hydrogen-bond donors (Lipinski definition) is 1. The molecule has 2 unspecified atom stereocenters. The van der Waals surface area contributed by atoms with Crippen LogP contribution in [0.4, 0.5) is 0 Å². The highest BCUT2D eigenvalue weighted by molar-refractivity contribution is 5.84. The maximum absolute atomic E-state index is 12.2. The lowest BCUT2D eigenvalue weighted by molar-refractivity contribution is -0.131. The minimum absolute atomic E-state index is 0.0584. The van der Waals surface area contributed by atoms with Gasteiger partial charge in [0.15, 0.2) is 0 Å². The topological polar surface area (TPSA) is 32.3 Å². The molecule has 0 aromatic heterocycles. The van der Waals surface area contributed by atoms with Crippen LogP contribution in [-0.4, -0.2) is 29.6 Å². The molecule has 3 nitrogen and oxygen atoms in total. The Hall–Kier alpha value is -0.570. The van der Waals surface area contributed by atoms with Crippen molar-refractivity contribution in [3.05, 3.63) is 0 Å². The molecule has 0 aromatic carbocycles. The highest BCUT2D eigenvalue weighted by atomic mass is 16.2. The number of nitrogens with one attached hydrogen (secondary N) is 1. The van der Waals surface area contributed by atoms with Crippen molar-refractivity contribution in [1.29, 1.82) is 0 Å². The van der Waals surface area contributed by atoms with E-state index in [1.165, 1.54) is 25.7 Å². The highest BCUT2D eigenvalue weighted by Gasteiger charge is 2.33. The van der Waals surface area contributed by atoms with Gasteiger partial charge in [-0.1, -0.05) is 46.5 Å². The Kier molecular flexibility index (Phi) is 6.69. The lowest BCUT2D eigenvalue weighted by Crippen LogP contribution is -2.37. The van der Waals surface area contributed by atoms with E-state index in [4.69, 9.17) is 0 Å². The maximum atomic E-state index is 12.2. The summed E-state index contributed by atoms with van der Waals surface area (Å²) >= 11 is 0. The van der Waals surface area contributed by atoms with Crippen molar-refractivity contribution in [3.8, 4) is 0 Å². The third-order valence-electron chi connectivity index (χ3n) is 3.80. The predicted molar refractivity (Wildman–Crippen MR) is 76.3 cm³/mol. The summed E-state index contributed by atoms with van der Waals surface area (Å²) in [6, 6.07) is 0.446. The smallest absolute Gasteiger partial charge is 0.241 e. The Labute approximate surface area is 112 Å². The molecule has 0 saturated carbocycles. The van der Waals surface area contributed by atoms with Crippen LogP contribution in [0.2, 0.25) is 0 Å². The van der Waals surface area contributed by atoms with Gasteiger partial charge in [-0.3, -0.25) is 10.1 Å². The van der Waals surface area contributed by atoms with Crippen molar-refractivity contribution in [2.45, 2.75) is 78.3 Å². The molecule has 106 valence electrons. The molecule has 1 amide bonds. The summed E-state index contributed by atoms with van der Waals surface area (Å²) in [6.07, 6.45) is 7.23. The molecule has 1 fully saturated rings. The Balaban J connectivity index is 2.31. The number of amides is 1. The van der Waals surface area contributed by atoms with Gasteiger partial charge in [-0.05, 0) is 25.7 Å². The van der Waals surface area contributed by atoms with Crippen LogP contribution < -0.4 is 5.32 Å². The summed E-state index contributed by atoms with van der Waals surface area (Å²) in [5.41, 5.74) is 0. The van der Waals surface area contributed by atoms with E-state index in [0.717, 1.165) is 19.5 Å². The van der Waals surface area contributed by atoms with Crippen LogP contribution >= 0.6 is 0 Å². The molecule has 0 aromatic rings. The van der Waals surface area contributed by atoms with Gasteiger partial charge in [-0.25, -0.2) is 0 Å². The predicted octanol–water partition coefficient (Wildman–Crippen LogP) is 3.15. The molecule has 1 N–H and O–H groups in total. The van der Waals surface area contributed by atoms with E-state index in [0.29, 0.717) is 17.9 Å². The SMILES string of the molecule is CCCCCCC(C)N1CNC(CC(C)C)C1=O. The van der Waals surface area contributed by atoms with Gasteiger partial charge in [0.2, 0.25) is 5.91 Å². The average molecular weight is 254 g/mol. The van der Waals surface area contributed by atoms with Crippen LogP contribution in [0.15, 0.2) is 0 Å². The van der Waals surface area contributed by atoms with Gasteiger partial charge in [0.1, 0.15) is 0 Å². The first kappa shape index (κ1) is 15.5. The Morgan fingerprint density at radius 2 is 2.00 bits per heavy atom. The van der Waals surface area contributed by atoms with Gasteiger partial charge in [0.05, 0.1) is 12.7 Å². The number of unbranched alkanes of at least 4 members (excludes halogenated alkanes) is 3. The van der Waals surface area contributed by atoms with Gasteiger partial charge >= 0.3 is 0 Å². The Bertz CT molecular complexity index is 253. The summed E-state index contributed by atoms with van der Waals surface area (Å²) in [5.74, 6) is 0.887. The largest absolute Gasteiger partial charge is 0.326 e. The number of carbonyl (C=O) groups excluding carboxylic acids is 1. The van der Waals surface area contributed by atoms with Crippen molar-refractivity contribution >= 4 is 5.91 Å². The van der Waals surface area contributed by atoms with Crippen molar-refractivity contribution in [1.82, 2.24) is 10.2 Å². The number of hydrogen-bond acceptors (Lipinski definition) is 2. The molecule has 0 spiro atoms. The fourth-order valence-electron chi connectivity index (χ4n) is 2.62. The van der Waals surface area contributed by atoms with Crippen molar-refractivity contribution in [2.75, 3.05) is 6.67 Å². The van der Waals surface area contributed by atoms with Crippen LogP contribution in [-0.2, 0) is 4.79 Å². The van der Waals surface area contributed by atoms with E-state index in [1.54, 1.807) is 0 Å². The first-order valence-electron chi connectivity index (χ1n) is 7.60. The van der Waals surface area contributed by atoms with Gasteiger partial charge < -0.3 is 4.90 Å². The minimum atomic E-state index is 0.0584. The molecule has 1 aliphatic rings. The average Bonchev–Trinajstić information content (AvgIpc) is 2.66. The van der Waals surface area contributed by atoms with Crippen LogP contribution in [0.1, 0.15) is 66.2 Å². The third kappa shape index (κ3) is 4.60. The van der Waals surface area contributed by atoms with Crippen molar-refractivity contribution in [3.63, 3.8) is 0 Å². The van der Waals surface area contributed by atoms with Gasteiger partial charge in [-0.2, -0.15) is 0 Å². The molecule has 0 bridgehead atoms. The van der Waals surface area contributed by atoms with Gasteiger partial charge in [0.25, 0.3) is 0 Å². The van der Waals surface area contributed by atoms with Gasteiger partial charge in [-0.15, -0.1) is 0 Å². The Morgan fingerprint density at radius 3 is 2.61 bits per heavy atom. The number of nitrogens with zero attached hydrogens (tertiary/aromatic N) is 1. The summed E-state index contributed by atoms with van der Waals surface area (Å²) in [7, 11) is 0. The highest BCUT2D eigenvalue weighted by Crippen LogP contribution is 2.18. The van der Waals surface area contributed by atoms with Crippen LogP contribution in [0.25, 0.3) is 0 Å². The first-order chi connectivity index (χ1) is 8.56. The van der Waals surface area contributed by atoms with Crippen molar-refractivity contribution < 1.29 is 4.79 Å². The minimum Gasteiger partial charge on any atom is -0.326 e. The summed E-state index contributed by atoms with van der Waals surface area (Å²) < 4.78 is 0. The lowest BCUT2D eigenvalue weighted by atomic mass is 10.0.